The standard InChI is InChI=1S/C29H46F2O2/c1-4-6-20-7-12-25-18-24(14-13-23(25)17-20)22-10-8-21(9-11-22)19-33-29(3)16-15-26(32-5-2)27(30)28(29)31/h15-16,20-25,28H,4-14,17-19H2,1-3H3. The van der Waals surface area contributed by atoms with Gasteiger partial charge in [-0.3, -0.25) is 0 Å². The Hall–Kier alpha value is -0.900. The van der Waals surface area contributed by atoms with Crippen molar-refractivity contribution in [2.75, 3.05) is 13.2 Å². The van der Waals surface area contributed by atoms with Gasteiger partial charge in [-0.2, -0.15) is 0 Å². The molecule has 188 valence electrons. The predicted octanol–water partition coefficient (Wildman–Crippen LogP) is 8.33. The third-order valence-electron chi connectivity index (χ3n) is 9.47. The van der Waals surface area contributed by atoms with Crippen LogP contribution in [0.4, 0.5) is 8.78 Å². The zero-order chi connectivity index (χ0) is 23.4. The van der Waals surface area contributed by atoms with Crippen LogP contribution in [0.5, 0.6) is 0 Å². The van der Waals surface area contributed by atoms with Crippen molar-refractivity contribution in [2.45, 2.75) is 110 Å². The molecule has 0 spiro atoms. The Bertz CT molecular complexity index is 696. The third-order valence-corrected chi connectivity index (χ3v) is 9.47. The molecule has 0 aromatic carbocycles. The fourth-order valence-electron chi connectivity index (χ4n) is 7.42. The van der Waals surface area contributed by atoms with Gasteiger partial charge in [-0.15, -0.1) is 0 Å². The topological polar surface area (TPSA) is 18.5 Å². The lowest BCUT2D eigenvalue weighted by Crippen LogP contribution is -2.42. The Morgan fingerprint density at radius 1 is 0.879 bits per heavy atom. The van der Waals surface area contributed by atoms with E-state index in [1.165, 1.54) is 70.3 Å². The Kier molecular flexibility index (Phi) is 8.57. The molecule has 0 saturated heterocycles. The highest BCUT2D eigenvalue weighted by atomic mass is 19.2. The lowest BCUT2D eigenvalue weighted by Gasteiger charge is -2.45. The second-order valence-electron chi connectivity index (χ2n) is 11.7. The van der Waals surface area contributed by atoms with Crippen molar-refractivity contribution in [1.82, 2.24) is 0 Å². The molecule has 0 amide bonds. The Morgan fingerprint density at radius 3 is 2.18 bits per heavy atom. The maximum absolute atomic E-state index is 14.8. The zero-order valence-corrected chi connectivity index (χ0v) is 21.2. The first kappa shape index (κ1) is 25.2. The molecule has 3 saturated carbocycles. The van der Waals surface area contributed by atoms with Crippen LogP contribution >= 0.6 is 0 Å². The summed E-state index contributed by atoms with van der Waals surface area (Å²) in [5.74, 6) is 4.39. The molecule has 4 heteroatoms. The number of hydrogen-bond donors (Lipinski definition) is 0. The predicted molar refractivity (Wildman–Crippen MR) is 130 cm³/mol. The van der Waals surface area contributed by atoms with Crippen molar-refractivity contribution in [3.8, 4) is 0 Å². The monoisotopic (exact) mass is 464 g/mol. The van der Waals surface area contributed by atoms with Crippen LogP contribution in [0.1, 0.15) is 97.8 Å². The number of rotatable bonds is 8. The van der Waals surface area contributed by atoms with E-state index < -0.39 is 17.6 Å². The van der Waals surface area contributed by atoms with Gasteiger partial charge in [0.1, 0.15) is 5.60 Å². The van der Waals surface area contributed by atoms with E-state index in [1.54, 1.807) is 19.9 Å². The first-order chi connectivity index (χ1) is 15.9. The summed E-state index contributed by atoms with van der Waals surface area (Å²) in [6.07, 6.45) is 17.8. The molecule has 4 rings (SSSR count). The third kappa shape index (κ3) is 5.85. The minimum absolute atomic E-state index is 0.000143. The minimum Gasteiger partial charge on any atom is -0.491 e. The summed E-state index contributed by atoms with van der Waals surface area (Å²) in [5, 5.41) is 0. The molecule has 0 radical (unpaired) electrons. The fraction of sp³-hybridized carbons (Fsp3) is 0.862. The molecule has 0 N–H and O–H groups in total. The van der Waals surface area contributed by atoms with Crippen molar-refractivity contribution in [3.63, 3.8) is 0 Å². The quantitative estimate of drug-likeness (QED) is 0.359. The molecule has 0 aromatic rings. The Morgan fingerprint density at radius 2 is 1.48 bits per heavy atom. The molecule has 4 aliphatic rings. The van der Waals surface area contributed by atoms with E-state index in [9.17, 15) is 8.78 Å². The smallest absolute Gasteiger partial charge is 0.187 e. The van der Waals surface area contributed by atoms with E-state index in [0.717, 1.165) is 42.4 Å². The molecule has 3 fully saturated rings. The van der Waals surface area contributed by atoms with Gasteiger partial charge >= 0.3 is 0 Å². The van der Waals surface area contributed by atoms with Gasteiger partial charge in [-0.25, -0.2) is 8.78 Å². The average molecular weight is 465 g/mol. The second kappa shape index (κ2) is 11.2. The van der Waals surface area contributed by atoms with Gasteiger partial charge in [-0.1, -0.05) is 26.2 Å². The summed E-state index contributed by atoms with van der Waals surface area (Å²) in [4.78, 5) is 0. The number of ether oxygens (including phenoxy) is 2. The summed E-state index contributed by atoms with van der Waals surface area (Å²) in [6.45, 7) is 6.59. The second-order valence-corrected chi connectivity index (χ2v) is 11.7. The number of allylic oxidation sites excluding steroid dienone is 1. The fourth-order valence-corrected chi connectivity index (χ4v) is 7.42. The highest BCUT2D eigenvalue weighted by molar-refractivity contribution is 5.31. The molecule has 33 heavy (non-hydrogen) atoms. The maximum Gasteiger partial charge on any atom is 0.187 e. The highest BCUT2D eigenvalue weighted by Crippen LogP contribution is 2.49. The van der Waals surface area contributed by atoms with Crippen LogP contribution in [0.2, 0.25) is 0 Å². The molecule has 6 atom stereocenters. The molecule has 0 aliphatic heterocycles. The Labute approximate surface area is 200 Å². The van der Waals surface area contributed by atoms with Crippen LogP contribution < -0.4 is 0 Å². The van der Waals surface area contributed by atoms with Gasteiger partial charge in [0, 0.05) is 0 Å². The summed E-state index contributed by atoms with van der Waals surface area (Å²) < 4.78 is 40.3. The summed E-state index contributed by atoms with van der Waals surface area (Å²) in [7, 11) is 0. The Balaban J connectivity index is 1.21. The SMILES string of the molecule is CCCC1CCC2CC(C3CCC(COC4(C)C=CC(OCC)=C(F)C4F)CC3)CCC2C1. The van der Waals surface area contributed by atoms with Gasteiger partial charge in [0.2, 0.25) is 0 Å². The number of halogens is 2. The van der Waals surface area contributed by atoms with Crippen molar-refractivity contribution < 1.29 is 18.3 Å². The maximum atomic E-state index is 14.8. The van der Waals surface area contributed by atoms with Gasteiger partial charge in [-0.05, 0) is 119 Å². The lowest BCUT2D eigenvalue weighted by atomic mass is 9.60. The van der Waals surface area contributed by atoms with Gasteiger partial charge in [0.05, 0.1) is 13.2 Å². The number of hydrogen-bond acceptors (Lipinski definition) is 2. The van der Waals surface area contributed by atoms with Crippen LogP contribution in [0.3, 0.4) is 0 Å². The van der Waals surface area contributed by atoms with Crippen LogP contribution in [-0.2, 0) is 9.47 Å². The number of fused-ring (bicyclic) bond motifs is 1. The van der Waals surface area contributed by atoms with Crippen molar-refractivity contribution in [1.29, 1.82) is 0 Å². The van der Waals surface area contributed by atoms with E-state index in [2.05, 4.69) is 6.92 Å². The lowest BCUT2D eigenvalue weighted by molar-refractivity contribution is -0.0683. The largest absolute Gasteiger partial charge is 0.491 e. The van der Waals surface area contributed by atoms with E-state index in [0.29, 0.717) is 19.1 Å². The van der Waals surface area contributed by atoms with Gasteiger partial charge in [0.25, 0.3) is 0 Å². The van der Waals surface area contributed by atoms with Crippen LogP contribution in [0, 0.1) is 35.5 Å². The van der Waals surface area contributed by atoms with E-state index in [-0.39, 0.29) is 5.76 Å². The average Bonchev–Trinajstić information content (AvgIpc) is 2.84. The first-order valence-electron chi connectivity index (χ1n) is 13.9. The summed E-state index contributed by atoms with van der Waals surface area (Å²) in [6, 6.07) is 0. The molecular weight excluding hydrogens is 418 g/mol. The molecule has 4 aliphatic carbocycles. The summed E-state index contributed by atoms with van der Waals surface area (Å²) in [5.41, 5.74) is -1.24. The van der Waals surface area contributed by atoms with Crippen molar-refractivity contribution >= 4 is 0 Å². The molecule has 2 nitrogen and oxygen atoms in total. The van der Waals surface area contributed by atoms with Crippen LogP contribution in [0.15, 0.2) is 23.7 Å². The normalized spacial score (nSPS) is 41.7. The van der Waals surface area contributed by atoms with E-state index in [4.69, 9.17) is 9.47 Å². The molecule has 0 bridgehead atoms. The summed E-state index contributed by atoms with van der Waals surface area (Å²) >= 11 is 0. The number of alkyl halides is 1. The van der Waals surface area contributed by atoms with Crippen molar-refractivity contribution in [3.05, 3.63) is 23.7 Å². The molecular formula is C29H46F2O2. The molecule has 6 unspecified atom stereocenters. The van der Waals surface area contributed by atoms with E-state index >= 15 is 0 Å². The highest BCUT2D eigenvalue weighted by Gasteiger charge is 2.42. The molecule has 0 heterocycles. The van der Waals surface area contributed by atoms with Gasteiger partial charge in [0.15, 0.2) is 17.8 Å². The van der Waals surface area contributed by atoms with Gasteiger partial charge < -0.3 is 9.47 Å². The van der Waals surface area contributed by atoms with Crippen molar-refractivity contribution in [2.24, 2.45) is 35.5 Å². The van der Waals surface area contributed by atoms with E-state index in [1.807, 2.05) is 0 Å². The minimum atomic E-state index is -1.80. The first-order valence-corrected chi connectivity index (χ1v) is 13.9. The zero-order valence-electron chi connectivity index (χ0n) is 21.2. The molecule has 0 aromatic heterocycles. The van der Waals surface area contributed by atoms with Crippen LogP contribution in [-0.4, -0.2) is 25.0 Å². The van der Waals surface area contributed by atoms with Crippen LogP contribution in [0.25, 0.3) is 0 Å².